The molecule has 1 aliphatic heterocycles. The summed E-state index contributed by atoms with van der Waals surface area (Å²) in [5, 5.41) is 12.6. The number of benzene rings is 2. The van der Waals surface area contributed by atoms with Gasteiger partial charge >= 0.3 is 0 Å². The topological polar surface area (TPSA) is 50.7 Å². The van der Waals surface area contributed by atoms with Gasteiger partial charge in [0.05, 0.1) is 0 Å². The Balaban J connectivity index is 1.57. The third kappa shape index (κ3) is 3.03. The minimum Gasteiger partial charge on any atom is -0.508 e. The molecule has 2 aromatic rings. The maximum absolute atomic E-state index is 9.23. The van der Waals surface area contributed by atoms with Gasteiger partial charge in [-0.05, 0) is 35.4 Å². The van der Waals surface area contributed by atoms with Gasteiger partial charge in [-0.25, -0.2) is 0 Å². The van der Waals surface area contributed by atoms with E-state index < -0.39 is 0 Å². The number of hydrogen-bond donors (Lipinski definition) is 2. The molecule has 4 heteroatoms. The molecule has 2 N–H and O–H groups in total. The summed E-state index contributed by atoms with van der Waals surface area (Å²) in [6.07, 6.45) is 0. The van der Waals surface area contributed by atoms with Gasteiger partial charge in [-0.15, -0.1) is 0 Å². The molecule has 3 rings (SSSR count). The lowest BCUT2D eigenvalue weighted by atomic mass is 10.1. The fourth-order valence-corrected chi connectivity index (χ4v) is 2.16. The zero-order valence-electron chi connectivity index (χ0n) is 11.1. The van der Waals surface area contributed by atoms with Gasteiger partial charge in [0.25, 0.3) is 0 Å². The van der Waals surface area contributed by atoms with Crippen LogP contribution >= 0.6 is 0 Å². The van der Waals surface area contributed by atoms with Gasteiger partial charge in [0.2, 0.25) is 0 Å². The van der Waals surface area contributed by atoms with E-state index in [9.17, 15) is 5.11 Å². The Labute approximate surface area is 118 Å². The van der Waals surface area contributed by atoms with Crippen molar-refractivity contribution in [3.8, 4) is 17.2 Å². The molecule has 0 spiro atoms. The van der Waals surface area contributed by atoms with Crippen molar-refractivity contribution in [1.29, 1.82) is 0 Å². The summed E-state index contributed by atoms with van der Waals surface area (Å²) in [6, 6.07) is 13.2. The Hall–Kier alpha value is -2.20. The molecule has 1 heterocycles. The first-order valence-electron chi connectivity index (χ1n) is 6.68. The highest BCUT2D eigenvalue weighted by molar-refractivity contribution is 5.43. The van der Waals surface area contributed by atoms with Crippen molar-refractivity contribution in [1.82, 2.24) is 5.32 Å². The first-order valence-corrected chi connectivity index (χ1v) is 6.68. The van der Waals surface area contributed by atoms with E-state index in [1.54, 1.807) is 12.1 Å². The molecule has 0 aliphatic carbocycles. The van der Waals surface area contributed by atoms with Crippen LogP contribution in [0, 0.1) is 0 Å². The number of nitrogens with one attached hydrogen (secondary N) is 1. The summed E-state index contributed by atoms with van der Waals surface area (Å²) in [5.74, 6) is 1.93. The van der Waals surface area contributed by atoms with Crippen LogP contribution in [-0.4, -0.2) is 18.3 Å². The molecule has 0 radical (unpaired) electrons. The molecule has 1 aliphatic rings. The van der Waals surface area contributed by atoms with Crippen molar-refractivity contribution < 1.29 is 14.6 Å². The highest BCUT2D eigenvalue weighted by Crippen LogP contribution is 2.30. The number of ether oxygens (including phenoxy) is 2. The molecule has 0 saturated heterocycles. The smallest absolute Gasteiger partial charge is 0.161 e. The molecular formula is C16H17NO3. The summed E-state index contributed by atoms with van der Waals surface area (Å²) in [5.41, 5.74) is 2.30. The summed E-state index contributed by atoms with van der Waals surface area (Å²) in [6.45, 7) is 2.75. The average molecular weight is 271 g/mol. The molecule has 20 heavy (non-hydrogen) atoms. The van der Waals surface area contributed by atoms with Gasteiger partial charge in [0.15, 0.2) is 11.5 Å². The average Bonchev–Trinajstić information content (AvgIpc) is 2.49. The summed E-state index contributed by atoms with van der Waals surface area (Å²) in [7, 11) is 0. The second-order valence-electron chi connectivity index (χ2n) is 4.75. The van der Waals surface area contributed by atoms with Crippen molar-refractivity contribution >= 4 is 0 Å². The predicted molar refractivity (Wildman–Crippen MR) is 76.1 cm³/mol. The highest BCUT2D eigenvalue weighted by atomic mass is 16.6. The monoisotopic (exact) mass is 271 g/mol. The Bertz CT molecular complexity index is 581. The Morgan fingerprint density at radius 2 is 1.50 bits per heavy atom. The van der Waals surface area contributed by atoms with E-state index in [0.29, 0.717) is 19.0 Å². The maximum Gasteiger partial charge on any atom is 0.161 e. The molecular weight excluding hydrogens is 254 g/mol. The van der Waals surface area contributed by atoms with Crippen LogP contribution in [0.15, 0.2) is 42.5 Å². The second-order valence-corrected chi connectivity index (χ2v) is 4.75. The highest BCUT2D eigenvalue weighted by Gasteiger charge is 2.11. The Kier molecular flexibility index (Phi) is 3.74. The number of phenols is 1. The molecule has 0 amide bonds. The van der Waals surface area contributed by atoms with Gasteiger partial charge in [-0.2, -0.15) is 0 Å². The first kappa shape index (κ1) is 12.8. The van der Waals surface area contributed by atoms with Crippen molar-refractivity contribution in [3.63, 3.8) is 0 Å². The van der Waals surface area contributed by atoms with Crippen molar-refractivity contribution in [2.75, 3.05) is 13.2 Å². The van der Waals surface area contributed by atoms with Crippen LogP contribution in [-0.2, 0) is 13.1 Å². The maximum atomic E-state index is 9.23. The van der Waals surface area contributed by atoms with E-state index in [-0.39, 0.29) is 0 Å². The molecule has 2 aromatic carbocycles. The Morgan fingerprint density at radius 3 is 2.30 bits per heavy atom. The molecule has 0 unspecified atom stereocenters. The minimum absolute atomic E-state index is 0.292. The molecule has 0 bridgehead atoms. The van der Waals surface area contributed by atoms with Gasteiger partial charge in [-0.3, -0.25) is 0 Å². The number of aromatic hydroxyl groups is 1. The lowest BCUT2D eigenvalue weighted by Crippen LogP contribution is -2.16. The van der Waals surface area contributed by atoms with Gasteiger partial charge in [-0.1, -0.05) is 18.2 Å². The van der Waals surface area contributed by atoms with E-state index in [2.05, 4.69) is 5.32 Å². The normalized spacial score (nSPS) is 13.2. The van der Waals surface area contributed by atoms with Crippen LogP contribution in [0.4, 0.5) is 0 Å². The molecule has 0 aromatic heterocycles. The molecule has 0 saturated carbocycles. The van der Waals surface area contributed by atoms with Gasteiger partial charge < -0.3 is 19.9 Å². The number of fused-ring (bicyclic) bond motifs is 1. The molecule has 0 fully saturated rings. The van der Waals surface area contributed by atoms with Crippen molar-refractivity contribution in [2.45, 2.75) is 13.1 Å². The summed E-state index contributed by atoms with van der Waals surface area (Å²) < 4.78 is 11.1. The third-order valence-corrected chi connectivity index (χ3v) is 3.20. The zero-order chi connectivity index (χ0) is 13.8. The van der Waals surface area contributed by atoms with E-state index in [1.165, 1.54) is 0 Å². The first-order chi connectivity index (χ1) is 9.81. The quantitative estimate of drug-likeness (QED) is 0.897. The van der Waals surface area contributed by atoms with E-state index >= 15 is 0 Å². The van der Waals surface area contributed by atoms with Crippen molar-refractivity contribution in [3.05, 3.63) is 53.6 Å². The predicted octanol–water partition coefficient (Wildman–Crippen LogP) is 2.45. The van der Waals surface area contributed by atoms with Crippen LogP contribution in [0.3, 0.4) is 0 Å². The number of rotatable bonds is 4. The fourth-order valence-electron chi connectivity index (χ4n) is 2.16. The van der Waals surface area contributed by atoms with Crippen LogP contribution in [0.2, 0.25) is 0 Å². The lowest BCUT2D eigenvalue weighted by molar-refractivity contribution is 0.171. The number of hydrogen-bond acceptors (Lipinski definition) is 4. The van der Waals surface area contributed by atoms with Gasteiger partial charge in [0.1, 0.15) is 19.0 Å². The van der Waals surface area contributed by atoms with Gasteiger partial charge in [0, 0.05) is 13.1 Å². The van der Waals surface area contributed by atoms with E-state index in [4.69, 9.17) is 9.47 Å². The molecule has 4 nitrogen and oxygen atoms in total. The third-order valence-electron chi connectivity index (χ3n) is 3.20. The largest absolute Gasteiger partial charge is 0.508 e. The number of phenolic OH excluding ortho intramolecular Hbond substituents is 1. The van der Waals surface area contributed by atoms with Crippen molar-refractivity contribution in [2.24, 2.45) is 0 Å². The fraction of sp³-hybridized carbons (Fsp3) is 0.250. The van der Waals surface area contributed by atoms with Crippen LogP contribution < -0.4 is 14.8 Å². The zero-order valence-corrected chi connectivity index (χ0v) is 11.1. The standard InChI is InChI=1S/C16H17NO3/c18-14-4-1-12(2-5-14)10-17-11-13-3-6-15-16(9-13)20-8-7-19-15/h1-6,9,17-18H,7-8,10-11H2. The van der Waals surface area contributed by atoms with E-state index in [0.717, 1.165) is 35.7 Å². The summed E-state index contributed by atoms with van der Waals surface area (Å²) in [4.78, 5) is 0. The van der Waals surface area contributed by atoms with E-state index in [1.807, 2.05) is 30.3 Å². The SMILES string of the molecule is Oc1ccc(CNCc2ccc3c(c2)OCCO3)cc1. The second kappa shape index (κ2) is 5.84. The van der Waals surface area contributed by atoms with Crippen LogP contribution in [0.25, 0.3) is 0 Å². The summed E-state index contributed by atoms with van der Waals surface area (Å²) >= 11 is 0. The van der Waals surface area contributed by atoms with Crippen LogP contribution in [0.1, 0.15) is 11.1 Å². The minimum atomic E-state index is 0.292. The molecule has 0 atom stereocenters. The Morgan fingerprint density at radius 1 is 0.850 bits per heavy atom. The lowest BCUT2D eigenvalue weighted by Gasteiger charge is -2.19. The van der Waals surface area contributed by atoms with Crippen LogP contribution in [0.5, 0.6) is 17.2 Å². The molecule has 104 valence electrons.